The van der Waals surface area contributed by atoms with Crippen molar-refractivity contribution in [1.29, 1.82) is 5.26 Å². The monoisotopic (exact) mass is 808 g/mol. The molecular weight excluding hydrogens is 757 g/mol. The summed E-state index contributed by atoms with van der Waals surface area (Å²) >= 11 is 0. The van der Waals surface area contributed by atoms with Gasteiger partial charge < -0.3 is 19.6 Å². The van der Waals surface area contributed by atoms with Crippen molar-refractivity contribution in [2.24, 2.45) is 0 Å². The van der Waals surface area contributed by atoms with Gasteiger partial charge in [-0.15, -0.1) is 0 Å². The van der Waals surface area contributed by atoms with Gasteiger partial charge in [0, 0.05) is 72.7 Å². The van der Waals surface area contributed by atoms with Crippen molar-refractivity contribution in [3.8, 4) is 6.07 Å². The topological polar surface area (TPSA) is 41.1 Å². The van der Waals surface area contributed by atoms with E-state index in [1.807, 2.05) is 68.7 Å². The number of nitriles is 1. The number of anilines is 8. The Morgan fingerprint density at radius 2 is 0.871 bits per heavy atom. The zero-order valence-corrected chi connectivity index (χ0v) is 36.0. The number of hydrogen-bond acceptors (Lipinski definition) is 5. The normalized spacial score (nSPS) is 11.0. The second-order valence-corrected chi connectivity index (χ2v) is 15.3. The van der Waals surface area contributed by atoms with E-state index in [4.69, 9.17) is 6.57 Å². The predicted molar refractivity (Wildman–Crippen MR) is 265 cm³/mol. The van der Waals surface area contributed by atoms with Crippen LogP contribution in [0.25, 0.3) is 29.1 Å². The first-order chi connectivity index (χ1) is 30.4. The van der Waals surface area contributed by atoms with Gasteiger partial charge in [-0.1, -0.05) is 98.8 Å². The summed E-state index contributed by atoms with van der Waals surface area (Å²) in [5.41, 5.74) is 13.1. The van der Waals surface area contributed by atoms with E-state index >= 15 is 0 Å². The molecule has 7 rings (SSSR count). The molecule has 0 atom stereocenters. The molecule has 6 heteroatoms. The van der Waals surface area contributed by atoms with Gasteiger partial charge in [-0.25, -0.2) is 4.85 Å². The van der Waals surface area contributed by atoms with E-state index < -0.39 is 0 Å². The van der Waals surface area contributed by atoms with Crippen molar-refractivity contribution in [1.82, 2.24) is 0 Å². The standard InChI is InChI=1S/C56H52N6/c1-6-38-60(39-7-2)49-32-36-55(37-33-49)62(51-16-12-9-13-17-51)53-26-20-43(21-27-53)18-24-45-41-56(58-3)46(40-47(45)42-57)25-19-44-22-28-52(29-23-44)61(50-14-10-8-11-15-50)54-34-30-48(31-35-54)59(4)5/h8-37,40-41H,6-7,38-39H2,1-2,4-5H3/b24-18+,25-19+. The van der Waals surface area contributed by atoms with Crippen molar-refractivity contribution >= 4 is 75.5 Å². The number of benzene rings is 7. The molecule has 306 valence electrons. The van der Waals surface area contributed by atoms with Gasteiger partial charge in [-0.2, -0.15) is 5.26 Å². The minimum Gasteiger partial charge on any atom is -0.378 e. The minimum absolute atomic E-state index is 0.486. The molecule has 0 fully saturated rings. The second kappa shape index (κ2) is 20.4. The van der Waals surface area contributed by atoms with Crippen LogP contribution in [-0.2, 0) is 0 Å². The Balaban J connectivity index is 1.09. The first-order valence-corrected chi connectivity index (χ1v) is 21.2. The highest BCUT2D eigenvalue weighted by Crippen LogP contribution is 2.37. The Bertz CT molecular complexity index is 2660. The van der Waals surface area contributed by atoms with Crippen LogP contribution < -0.4 is 19.6 Å². The smallest absolute Gasteiger partial charge is 0.194 e. The molecule has 0 aliphatic carbocycles. The summed E-state index contributed by atoms with van der Waals surface area (Å²) in [5, 5.41) is 10.2. The molecule has 0 unspecified atom stereocenters. The van der Waals surface area contributed by atoms with Crippen molar-refractivity contribution in [2.45, 2.75) is 26.7 Å². The predicted octanol–water partition coefficient (Wildman–Crippen LogP) is 15.1. The van der Waals surface area contributed by atoms with Crippen LogP contribution in [0.1, 0.15) is 54.5 Å². The molecule has 7 aromatic carbocycles. The third-order valence-corrected chi connectivity index (χ3v) is 10.8. The average Bonchev–Trinajstić information content (AvgIpc) is 3.32. The number of nitrogens with zero attached hydrogens (tertiary/aromatic N) is 6. The van der Waals surface area contributed by atoms with Gasteiger partial charge >= 0.3 is 0 Å². The van der Waals surface area contributed by atoms with Gasteiger partial charge in [-0.05, 0) is 144 Å². The molecule has 0 bridgehead atoms. The third-order valence-electron chi connectivity index (χ3n) is 10.8. The molecule has 0 aliphatic heterocycles. The van der Waals surface area contributed by atoms with Crippen LogP contribution >= 0.6 is 0 Å². The maximum absolute atomic E-state index is 10.2. The Morgan fingerprint density at radius 1 is 0.484 bits per heavy atom. The Kier molecular flexibility index (Phi) is 14.0. The zero-order chi connectivity index (χ0) is 43.3. The maximum atomic E-state index is 10.2. The lowest BCUT2D eigenvalue weighted by Crippen LogP contribution is -2.24. The highest BCUT2D eigenvalue weighted by atomic mass is 15.2. The molecule has 0 saturated heterocycles. The summed E-state index contributed by atoms with van der Waals surface area (Å²) in [6.45, 7) is 14.5. The molecular formula is C56H52N6. The quantitative estimate of drug-likeness (QED) is 0.0718. The summed E-state index contributed by atoms with van der Waals surface area (Å²) in [7, 11) is 4.08. The first-order valence-electron chi connectivity index (χ1n) is 21.2. The molecule has 0 spiro atoms. The molecule has 0 heterocycles. The van der Waals surface area contributed by atoms with Crippen LogP contribution in [0.3, 0.4) is 0 Å². The van der Waals surface area contributed by atoms with Crippen LogP contribution in [-0.4, -0.2) is 27.2 Å². The summed E-state index contributed by atoms with van der Waals surface area (Å²) in [6, 6.07) is 60.9. The fraction of sp³-hybridized carbons (Fsp3) is 0.143. The lowest BCUT2D eigenvalue weighted by atomic mass is 10.0. The number of hydrogen-bond donors (Lipinski definition) is 0. The highest BCUT2D eigenvalue weighted by molar-refractivity contribution is 5.84. The van der Waals surface area contributed by atoms with E-state index in [0.29, 0.717) is 22.4 Å². The molecule has 6 nitrogen and oxygen atoms in total. The molecule has 7 aromatic rings. The van der Waals surface area contributed by atoms with Crippen LogP contribution in [0.2, 0.25) is 0 Å². The van der Waals surface area contributed by atoms with Gasteiger partial charge in [0.15, 0.2) is 5.69 Å². The van der Waals surface area contributed by atoms with Gasteiger partial charge in [0.2, 0.25) is 0 Å². The van der Waals surface area contributed by atoms with Crippen molar-refractivity contribution in [3.05, 3.63) is 209 Å². The van der Waals surface area contributed by atoms with Crippen LogP contribution in [0, 0.1) is 17.9 Å². The van der Waals surface area contributed by atoms with Crippen molar-refractivity contribution < 1.29 is 0 Å². The Morgan fingerprint density at radius 3 is 1.27 bits per heavy atom. The average molecular weight is 809 g/mol. The third kappa shape index (κ3) is 10.1. The fourth-order valence-electron chi connectivity index (χ4n) is 7.60. The van der Waals surface area contributed by atoms with E-state index in [1.54, 1.807) is 6.07 Å². The SMILES string of the molecule is [C-]#[N+]c1cc(/C=C/c2ccc(N(c3ccccc3)c3ccc(N(CCC)CCC)cc3)cc2)c(C#N)cc1/C=C/c1ccc(N(c2ccccc2)c2ccc(N(C)C)cc2)cc1. The number of rotatable bonds is 16. The van der Waals surface area contributed by atoms with Gasteiger partial charge in [-0.3, -0.25) is 0 Å². The molecule has 0 amide bonds. The van der Waals surface area contributed by atoms with Gasteiger partial charge in [0.25, 0.3) is 0 Å². The van der Waals surface area contributed by atoms with Crippen molar-refractivity contribution in [3.63, 3.8) is 0 Å². The molecule has 0 aliphatic rings. The lowest BCUT2D eigenvalue weighted by molar-refractivity contribution is 0.745. The van der Waals surface area contributed by atoms with E-state index in [2.05, 4.69) is 178 Å². The van der Waals surface area contributed by atoms with E-state index in [9.17, 15) is 5.26 Å². The highest BCUT2D eigenvalue weighted by Gasteiger charge is 2.15. The molecule has 0 aromatic heterocycles. The van der Waals surface area contributed by atoms with Crippen LogP contribution in [0.5, 0.6) is 0 Å². The summed E-state index contributed by atoms with van der Waals surface area (Å²) in [5.74, 6) is 0. The minimum atomic E-state index is 0.486. The Hall–Kier alpha value is -7.80. The van der Waals surface area contributed by atoms with E-state index in [0.717, 1.165) is 76.9 Å². The summed E-state index contributed by atoms with van der Waals surface area (Å²) in [4.78, 5) is 12.9. The molecule has 0 N–H and O–H groups in total. The van der Waals surface area contributed by atoms with E-state index in [1.165, 1.54) is 5.69 Å². The number of para-hydroxylation sites is 2. The molecule has 62 heavy (non-hydrogen) atoms. The van der Waals surface area contributed by atoms with Crippen molar-refractivity contribution in [2.75, 3.05) is 46.8 Å². The van der Waals surface area contributed by atoms with Crippen LogP contribution in [0.15, 0.2) is 170 Å². The first kappa shape index (κ1) is 42.3. The summed E-state index contributed by atoms with van der Waals surface area (Å²) < 4.78 is 0. The van der Waals surface area contributed by atoms with Crippen LogP contribution in [0.4, 0.5) is 51.2 Å². The zero-order valence-electron chi connectivity index (χ0n) is 36.0. The van der Waals surface area contributed by atoms with Gasteiger partial charge in [0.1, 0.15) is 0 Å². The van der Waals surface area contributed by atoms with Gasteiger partial charge in [0.05, 0.1) is 18.2 Å². The molecule has 0 radical (unpaired) electrons. The van der Waals surface area contributed by atoms with E-state index in [-0.39, 0.29) is 0 Å². The largest absolute Gasteiger partial charge is 0.378 e. The second-order valence-electron chi connectivity index (χ2n) is 15.3. The summed E-state index contributed by atoms with van der Waals surface area (Å²) in [6.07, 6.45) is 10.1. The molecule has 0 saturated carbocycles. The maximum Gasteiger partial charge on any atom is 0.194 e. The Labute approximate surface area is 368 Å². The lowest BCUT2D eigenvalue weighted by Gasteiger charge is -2.28. The fourth-order valence-corrected chi connectivity index (χ4v) is 7.60.